The fraction of sp³-hybridized carbons (Fsp3) is 0.350. The van der Waals surface area contributed by atoms with Crippen LogP contribution >= 0.6 is 0 Å². The largest absolute Gasteiger partial charge is 0.493 e. The molecular formula is C20H25N3O4. The summed E-state index contributed by atoms with van der Waals surface area (Å²) in [6.45, 7) is 3.78. The van der Waals surface area contributed by atoms with Crippen molar-refractivity contribution >= 4 is 11.8 Å². The average Bonchev–Trinajstić information content (AvgIpc) is 2.70. The zero-order valence-electron chi connectivity index (χ0n) is 16.0. The molecule has 27 heavy (non-hydrogen) atoms. The van der Waals surface area contributed by atoms with Crippen LogP contribution < -0.4 is 20.1 Å². The van der Waals surface area contributed by atoms with Crippen molar-refractivity contribution in [3.05, 3.63) is 53.9 Å². The highest BCUT2D eigenvalue weighted by molar-refractivity contribution is 6.04. The van der Waals surface area contributed by atoms with Crippen LogP contribution in [0.5, 0.6) is 11.5 Å². The first-order valence-electron chi connectivity index (χ1n) is 8.55. The van der Waals surface area contributed by atoms with E-state index in [-0.39, 0.29) is 18.4 Å². The van der Waals surface area contributed by atoms with Crippen LogP contribution in [0.3, 0.4) is 0 Å². The van der Waals surface area contributed by atoms with Crippen LogP contribution in [0.1, 0.15) is 25.0 Å². The summed E-state index contributed by atoms with van der Waals surface area (Å²) in [6, 6.07) is 9.04. The third kappa shape index (κ3) is 5.20. The summed E-state index contributed by atoms with van der Waals surface area (Å²) < 4.78 is 10.5. The lowest BCUT2D eigenvalue weighted by Gasteiger charge is -2.23. The molecule has 2 aromatic rings. The van der Waals surface area contributed by atoms with Gasteiger partial charge in [0, 0.05) is 25.5 Å². The fourth-order valence-electron chi connectivity index (χ4n) is 2.40. The van der Waals surface area contributed by atoms with Crippen molar-refractivity contribution < 1.29 is 19.1 Å². The number of aromatic nitrogens is 1. The maximum atomic E-state index is 12.5. The maximum absolute atomic E-state index is 12.5. The summed E-state index contributed by atoms with van der Waals surface area (Å²) >= 11 is 0. The van der Waals surface area contributed by atoms with Crippen LogP contribution in [0.15, 0.2) is 42.7 Å². The lowest BCUT2D eigenvalue weighted by molar-refractivity contribution is -0.141. The number of nitrogens with zero attached hydrogens (tertiary/aromatic N) is 1. The molecular weight excluding hydrogens is 346 g/mol. The Morgan fingerprint density at radius 1 is 0.963 bits per heavy atom. The molecule has 7 heteroatoms. The van der Waals surface area contributed by atoms with E-state index in [1.54, 1.807) is 58.7 Å². The van der Waals surface area contributed by atoms with Crippen molar-refractivity contribution in [2.75, 3.05) is 14.2 Å². The van der Waals surface area contributed by atoms with E-state index < -0.39 is 5.41 Å². The molecule has 2 amide bonds. The van der Waals surface area contributed by atoms with E-state index in [0.29, 0.717) is 18.0 Å². The topological polar surface area (TPSA) is 89.5 Å². The Balaban J connectivity index is 1.94. The standard InChI is InChI=1S/C20H25N3O4/c1-20(2,19(25)23-13-15-6-5-9-21-11-15)18(24)22-12-14-7-8-16(26-3)17(10-14)27-4/h5-11H,12-13H2,1-4H3,(H,22,24)(H,23,25). The highest BCUT2D eigenvalue weighted by atomic mass is 16.5. The number of hydrogen-bond acceptors (Lipinski definition) is 5. The number of nitrogens with one attached hydrogen (secondary N) is 2. The summed E-state index contributed by atoms with van der Waals surface area (Å²) in [7, 11) is 3.11. The number of carbonyl (C=O) groups is 2. The summed E-state index contributed by atoms with van der Waals surface area (Å²) in [5.41, 5.74) is 0.499. The maximum Gasteiger partial charge on any atom is 0.235 e. The predicted octanol–water partition coefficient (Wildman–Crippen LogP) is 2.06. The predicted molar refractivity (Wildman–Crippen MR) is 101 cm³/mol. The molecule has 0 aliphatic carbocycles. The fourth-order valence-corrected chi connectivity index (χ4v) is 2.40. The van der Waals surface area contributed by atoms with Crippen molar-refractivity contribution in [2.24, 2.45) is 5.41 Å². The highest BCUT2D eigenvalue weighted by Gasteiger charge is 2.35. The Morgan fingerprint density at radius 2 is 1.59 bits per heavy atom. The van der Waals surface area contributed by atoms with Crippen LogP contribution in [-0.4, -0.2) is 31.0 Å². The van der Waals surface area contributed by atoms with Crippen LogP contribution in [0.2, 0.25) is 0 Å². The van der Waals surface area contributed by atoms with Crippen molar-refractivity contribution in [3.63, 3.8) is 0 Å². The second-order valence-corrected chi connectivity index (χ2v) is 6.54. The molecule has 2 N–H and O–H groups in total. The van der Waals surface area contributed by atoms with Gasteiger partial charge in [-0.1, -0.05) is 12.1 Å². The van der Waals surface area contributed by atoms with Gasteiger partial charge in [0.25, 0.3) is 0 Å². The highest BCUT2D eigenvalue weighted by Crippen LogP contribution is 2.27. The molecule has 1 heterocycles. The molecule has 1 aromatic heterocycles. The molecule has 0 aliphatic rings. The number of amides is 2. The molecule has 0 unspecified atom stereocenters. The minimum absolute atomic E-state index is 0.276. The molecule has 0 saturated carbocycles. The lowest BCUT2D eigenvalue weighted by Crippen LogP contribution is -2.47. The van der Waals surface area contributed by atoms with Gasteiger partial charge in [-0.15, -0.1) is 0 Å². The number of rotatable bonds is 8. The normalized spacial score (nSPS) is 10.8. The van der Waals surface area contributed by atoms with E-state index in [1.807, 2.05) is 12.1 Å². The molecule has 0 saturated heterocycles. The molecule has 0 atom stereocenters. The van der Waals surface area contributed by atoms with E-state index >= 15 is 0 Å². The first-order valence-corrected chi connectivity index (χ1v) is 8.55. The van der Waals surface area contributed by atoms with Gasteiger partial charge in [0.1, 0.15) is 5.41 Å². The molecule has 0 radical (unpaired) electrons. The van der Waals surface area contributed by atoms with Crippen molar-refractivity contribution in [2.45, 2.75) is 26.9 Å². The van der Waals surface area contributed by atoms with Gasteiger partial charge in [-0.3, -0.25) is 14.6 Å². The zero-order chi connectivity index (χ0) is 19.9. The Kier molecular flexibility index (Phi) is 6.76. The van der Waals surface area contributed by atoms with Gasteiger partial charge in [0.2, 0.25) is 11.8 Å². The van der Waals surface area contributed by atoms with Gasteiger partial charge < -0.3 is 20.1 Å². The molecule has 0 aliphatic heterocycles. The van der Waals surface area contributed by atoms with Crippen LogP contribution in [0, 0.1) is 5.41 Å². The summed E-state index contributed by atoms with van der Waals surface area (Å²) in [6.07, 6.45) is 3.33. The van der Waals surface area contributed by atoms with Gasteiger partial charge >= 0.3 is 0 Å². The first-order chi connectivity index (χ1) is 12.9. The Morgan fingerprint density at radius 3 is 2.15 bits per heavy atom. The van der Waals surface area contributed by atoms with E-state index in [9.17, 15) is 9.59 Å². The first kappa shape index (κ1) is 20.2. The molecule has 7 nitrogen and oxygen atoms in total. The van der Waals surface area contributed by atoms with Crippen LogP contribution in [-0.2, 0) is 22.7 Å². The van der Waals surface area contributed by atoms with Crippen LogP contribution in [0.25, 0.3) is 0 Å². The van der Waals surface area contributed by atoms with E-state index in [1.165, 1.54) is 0 Å². The Hall–Kier alpha value is -3.09. The van der Waals surface area contributed by atoms with Gasteiger partial charge in [0.15, 0.2) is 11.5 Å². The molecule has 0 fully saturated rings. The van der Waals surface area contributed by atoms with Gasteiger partial charge in [0.05, 0.1) is 14.2 Å². The number of hydrogen-bond donors (Lipinski definition) is 2. The number of ether oxygens (including phenoxy) is 2. The Bertz CT molecular complexity index is 791. The molecule has 0 spiro atoms. The van der Waals surface area contributed by atoms with Crippen LogP contribution in [0.4, 0.5) is 0 Å². The smallest absolute Gasteiger partial charge is 0.235 e. The van der Waals surface area contributed by atoms with Gasteiger partial charge in [-0.05, 0) is 43.2 Å². The minimum atomic E-state index is -1.21. The molecule has 1 aromatic carbocycles. The number of pyridine rings is 1. The SMILES string of the molecule is COc1ccc(CNC(=O)C(C)(C)C(=O)NCc2cccnc2)cc1OC. The average molecular weight is 371 g/mol. The Labute approximate surface area is 159 Å². The lowest BCUT2D eigenvalue weighted by atomic mass is 9.91. The number of benzene rings is 1. The summed E-state index contributed by atoms with van der Waals surface area (Å²) in [5, 5.41) is 5.57. The van der Waals surface area contributed by atoms with Crippen molar-refractivity contribution in [3.8, 4) is 11.5 Å². The van der Waals surface area contributed by atoms with E-state index in [0.717, 1.165) is 11.1 Å². The number of methoxy groups -OCH3 is 2. The van der Waals surface area contributed by atoms with E-state index in [4.69, 9.17) is 9.47 Å². The van der Waals surface area contributed by atoms with E-state index in [2.05, 4.69) is 15.6 Å². The molecule has 0 bridgehead atoms. The van der Waals surface area contributed by atoms with Gasteiger partial charge in [-0.2, -0.15) is 0 Å². The zero-order valence-corrected chi connectivity index (χ0v) is 16.0. The third-order valence-electron chi connectivity index (χ3n) is 4.21. The van der Waals surface area contributed by atoms with Crippen molar-refractivity contribution in [1.29, 1.82) is 0 Å². The third-order valence-corrected chi connectivity index (χ3v) is 4.21. The second-order valence-electron chi connectivity index (χ2n) is 6.54. The second kappa shape index (κ2) is 9.02. The monoisotopic (exact) mass is 371 g/mol. The number of carbonyl (C=O) groups excluding carboxylic acids is 2. The summed E-state index contributed by atoms with van der Waals surface area (Å²) in [5.74, 6) is 0.484. The molecule has 2 rings (SSSR count). The van der Waals surface area contributed by atoms with Gasteiger partial charge in [-0.25, -0.2) is 0 Å². The molecule has 144 valence electrons. The quantitative estimate of drug-likeness (QED) is 0.694. The summed E-state index contributed by atoms with van der Waals surface area (Å²) in [4.78, 5) is 29.0. The minimum Gasteiger partial charge on any atom is -0.493 e. The van der Waals surface area contributed by atoms with Crippen molar-refractivity contribution in [1.82, 2.24) is 15.6 Å².